The number of carbonyl (C=O) groups excluding carboxylic acids is 1. The van der Waals surface area contributed by atoms with Crippen LogP contribution >= 0.6 is 23.2 Å². The molecular formula is C44H51Cl2N5O5Si. The summed E-state index contributed by atoms with van der Waals surface area (Å²) in [4.78, 5) is 28.8. The molecule has 3 aromatic carbocycles. The van der Waals surface area contributed by atoms with Crippen LogP contribution in [-0.2, 0) is 24.9 Å². The zero-order valence-electron chi connectivity index (χ0n) is 34.2. The van der Waals surface area contributed by atoms with E-state index in [1.54, 1.807) is 18.2 Å². The van der Waals surface area contributed by atoms with Gasteiger partial charge in [0.15, 0.2) is 0 Å². The lowest BCUT2D eigenvalue weighted by Crippen LogP contribution is -2.42. The number of halogens is 2. The number of fused-ring (bicyclic) bond motifs is 4. The van der Waals surface area contributed by atoms with Crippen LogP contribution in [0.1, 0.15) is 68.3 Å². The van der Waals surface area contributed by atoms with Crippen molar-refractivity contribution in [3.8, 4) is 16.9 Å². The minimum atomic E-state index is -1.25. The Labute approximate surface area is 344 Å². The average Bonchev–Trinajstić information content (AvgIpc) is 3.76. The highest BCUT2D eigenvalue weighted by molar-refractivity contribution is 6.76. The first-order valence-electron chi connectivity index (χ1n) is 19.5. The van der Waals surface area contributed by atoms with E-state index in [1.807, 2.05) is 72.4 Å². The SMILES string of the molecule is Cc1cc(OCCCc2c3n(c4c(-c5c(C)nn(COCC[Si](C)(C)C)c5C)c(Cl)ccc24)[C@H](C)CN(c2cn(C)c4cc(C(=O)O)ccc24)C3=O)cc(C)c1Cl. The Bertz CT molecular complexity index is 2540. The van der Waals surface area contributed by atoms with Gasteiger partial charge in [-0.25, -0.2) is 9.48 Å². The molecule has 6 aromatic rings. The molecule has 4 heterocycles. The van der Waals surface area contributed by atoms with Gasteiger partial charge in [0.1, 0.15) is 18.2 Å². The Kier molecular flexibility index (Phi) is 11.2. The van der Waals surface area contributed by atoms with Crippen LogP contribution in [0.4, 0.5) is 5.69 Å². The van der Waals surface area contributed by atoms with E-state index in [2.05, 4.69) is 38.1 Å². The molecule has 300 valence electrons. The molecule has 0 saturated carbocycles. The van der Waals surface area contributed by atoms with Gasteiger partial charge in [-0.2, -0.15) is 5.10 Å². The zero-order valence-corrected chi connectivity index (χ0v) is 36.7. The van der Waals surface area contributed by atoms with Gasteiger partial charge in [-0.1, -0.05) is 48.9 Å². The molecule has 0 fully saturated rings. The molecule has 10 nitrogen and oxygen atoms in total. The summed E-state index contributed by atoms with van der Waals surface area (Å²) < 4.78 is 18.4. The molecule has 7 rings (SSSR count). The second-order valence-electron chi connectivity index (χ2n) is 16.7. The first-order valence-corrected chi connectivity index (χ1v) is 23.9. The molecule has 0 saturated heterocycles. The predicted molar refractivity (Wildman–Crippen MR) is 233 cm³/mol. The van der Waals surface area contributed by atoms with Gasteiger partial charge in [0.05, 0.1) is 39.6 Å². The standard InChI is InChI=1S/C44H51Cl2N5O5Si/c1-25-19-31(20-26(2)40(25)46)56-16-10-11-32-33-14-15-35(45)39(38-28(4)47-50(29(38)5)24-55-17-18-57(7,8)9)41(33)51-27(3)22-49(43(52)42(32)51)37-23-48(6)36-21-30(44(53)54)12-13-34(36)37/h12-15,19-21,23,27H,10-11,16-18,22,24H2,1-9H3,(H,53,54)/t27-/m1/s1. The molecule has 0 spiro atoms. The molecule has 0 unspecified atom stereocenters. The number of carbonyl (C=O) groups is 2. The molecule has 57 heavy (non-hydrogen) atoms. The number of nitrogens with zero attached hydrogens (tertiary/aromatic N) is 5. The molecular weight excluding hydrogens is 778 g/mol. The maximum Gasteiger partial charge on any atom is 0.335 e. The summed E-state index contributed by atoms with van der Waals surface area (Å²) in [7, 11) is 0.620. The molecule has 1 atom stereocenters. The van der Waals surface area contributed by atoms with Gasteiger partial charge in [-0.15, -0.1) is 0 Å². The number of hydrogen-bond donors (Lipinski definition) is 1. The van der Waals surface area contributed by atoms with Crippen molar-refractivity contribution < 1.29 is 24.2 Å². The maximum atomic E-state index is 15.1. The fourth-order valence-electron chi connectivity index (χ4n) is 8.23. The summed E-state index contributed by atoms with van der Waals surface area (Å²) in [5, 5.41) is 17.7. The molecule has 0 aliphatic carbocycles. The normalized spacial score (nSPS) is 14.6. The summed E-state index contributed by atoms with van der Waals surface area (Å²) in [5.74, 6) is -0.361. The van der Waals surface area contributed by atoms with Crippen LogP contribution in [0.2, 0.25) is 35.7 Å². The predicted octanol–water partition coefficient (Wildman–Crippen LogP) is 10.8. The van der Waals surface area contributed by atoms with Crippen molar-refractivity contribution in [2.45, 2.75) is 85.9 Å². The summed E-state index contributed by atoms with van der Waals surface area (Å²) in [6.07, 6.45) is 3.15. The summed E-state index contributed by atoms with van der Waals surface area (Å²) >= 11 is 13.6. The largest absolute Gasteiger partial charge is 0.494 e. The number of benzene rings is 3. The topological polar surface area (TPSA) is 104 Å². The maximum absolute atomic E-state index is 15.1. The second-order valence-corrected chi connectivity index (χ2v) is 23.1. The van der Waals surface area contributed by atoms with Crippen molar-refractivity contribution in [2.24, 2.45) is 7.05 Å². The Morgan fingerprint density at radius 2 is 1.68 bits per heavy atom. The van der Waals surface area contributed by atoms with Crippen LogP contribution in [0.5, 0.6) is 5.75 Å². The lowest BCUT2D eigenvalue weighted by molar-refractivity contribution is 0.0696. The average molecular weight is 829 g/mol. The van der Waals surface area contributed by atoms with E-state index in [1.165, 1.54) is 0 Å². The van der Waals surface area contributed by atoms with Crippen LogP contribution < -0.4 is 9.64 Å². The number of amides is 1. The second kappa shape index (κ2) is 15.7. The van der Waals surface area contributed by atoms with Crippen LogP contribution in [0, 0.1) is 27.7 Å². The van der Waals surface area contributed by atoms with E-state index in [-0.39, 0.29) is 17.5 Å². The van der Waals surface area contributed by atoms with Crippen molar-refractivity contribution in [3.05, 3.63) is 98.0 Å². The first kappa shape index (κ1) is 40.6. The number of carboxylic acid groups (broad SMARTS) is 1. The molecule has 1 aliphatic heterocycles. The van der Waals surface area contributed by atoms with Gasteiger partial charge in [0, 0.05) is 73.1 Å². The Hall–Kier alpha value is -4.55. The summed E-state index contributed by atoms with van der Waals surface area (Å²) in [6.45, 7) is 19.0. The lowest BCUT2D eigenvalue weighted by Gasteiger charge is -2.34. The molecule has 0 radical (unpaired) electrons. The first-order chi connectivity index (χ1) is 27.0. The number of anilines is 1. The highest BCUT2D eigenvalue weighted by atomic mass is 35.5. The van der Waals surface area contributed by atoms with E-state index < -0.39 is 14.0 Å². The minimum Gasteiger partial charge on any atom is -0.494 e. The van der Waals surface area contributed by atoms with Crippen LogP contribution in [0.3, 0.4) is 0 Å². The van der Waals surface area contributed by atoms with E-state index in [0.717, 1.165) is 83.5 Å². The molecule has 1 aliphatic rings. The summed E-state index contributed by atoms with van der Waals surface area (Å²) in [5.41, 5.74) is 9.62. The molecule has 1 amide bonds. The van der Waals surface area contributed by atoms with Gasteiger partial charge in [-0.05, 0) is 107 Å². The number of ether oxygens (including phenoxy) is 2. The third kappa shape index (κ3) is 7.62. The number of carboxylic acids is 1. The summed E-state index contributed by atoms with van der Waals surface area (Å²) in [6, 6.07) is 13.8. The highest BCUT2D eigenvalue weighted by Crippen LogP contribution is 2.46. The van der Waals surface area contributed by atoms with Gasteiger partial charge >= 0.3 is 5.97 Å². The van der Waals surface area contributed by atoms with Gasteiger partial charge in [0.25, 0.3) is 5.91 Å². The fourth-order valence-corrected chi connectivity index (χ4v) is 9.34. The Morgan fingerprint density at radius 1 is 0.982 bits per heavy atom. The van der Waals surface area contributed by atoms with Gasteiger partial charge < -0.3 is 28.6 Å². The van der Waals surface area contributed by atoms with Crippen LogP contribution in [0.25, 0.3) is 32.9 Å². The van der Waals surface area contributed by atoms with Crippen LogP contribution in [0.15, 0.2) is 48.7 Å². The number of aromatic nitrogens is 4. The Balaban J connectivity index is 1.33. The van der Waals surface area contributed by atoms with E-state index >= 15 is 4.79 Å². The number of aryl methyl sites for hydroxylation is 5. The molecule has 3 aromatic heterocycles. The van der Waals surface area contributed by atoms with Crippen molar-refractivity contribution in [3.63, 3.8) is 0 Å². The molecule has 13 heteroatoms. The zero-order chi connectivity index (χ0) is 41.1. The number of rotatable bonds is 13. The van der Waals surface area contributed by atoms with E-state index in [9.17, 15) is 9.90 Å². The number of aromatic carboxylic acids is 1. The quantitative estimate of drug-likeness (QED) is 0.0918. The van der Waals surface area contributed by atoms with Crippen molar-refractivity contribution in [1.82, 2.24) is 18.9 Å². The molecule has 0 bridgehead atoms. The van der Waals surface area contributed by atoms with E-state index in [4.69, 9.17) is 37.8 Å². The minimum absolute atomic E-state index is 0.124. The third-order valence-corrected chi connectivity index (χ3v) is 13.8. The van der Waals surface area contributed by atoms with Crippen molar-refractivity contribution in [2.75, 3.05) is 24.7 Å². The fraction of sp³-hybridized carbons (Fsp3) is 0.386. The lowest BCUT2D eigenvalue weighted by atomic mass is 9.98. The van der Waals surface area contributed by atoms with E-state index in [0.29, 0.717) is 50.0 Å². The van der Waals surface area contributed by atoms with Gasteiger partial charge in [0.2, 0.25) is 0 Å². The van der Waals surface area contributed by atoms with Gasteiger partial charge in [-0.3, -0.25) is 4.79 Å². The Morgan fingerprint density at radius 3 is 2.37 bits per heavy atom. The molecule has 1 N–H and O–H groups in total. The third-order valence-electron chi connectivity index (χ3n) is 11.2. The number of hydrogen-bond acceptors (Lipinski definition) is 5. The highest BCUT2D eigenvalue weighted by Gasteiger charge is 2.38. The smallest absolute Gasteiger partial charge is 0.335 e. The van der Waals surface area contributed by atoms with Crippen molar-refractivity contribution in [1.29, 1.82) is 0 Å². The van der Waals surface area contributed by atoms with Crippen LogP contribution in [-0.4, -0.2) is 63.7 Å². The van der Waals surface area contributed by atoms with Crippen molar-refractivity contribution >= 4 is 70.6 Å². The monoisotopic (exact) mass is 827 g/mol.